The fourth-order valence-electron chi connectivity index (χ4n) is 1.64. The summed E-state index contributed by atoms with van der Waals surface area (Å²) in [4.78, 5) is 33.9. The summed E-state index contributed by atoms with van der Waals surface area (Å²) in [5.41, 5.74) is 0.660. The summed E-state index contributed by atoms with van der Waals surface area (Å²) in [6.45, 7) is 3.85. The fourth-order valence-corrected chi connectivity index (χ4v) is 1.98. The van der Waals surface area contributed by atoms with E-state index in [1.54, 1.807) is 38.1 Å². The lowest BCUT2D eigenvalue weighted by Crippen LogP contribution is -2.30. The number of ether oxygens (including phenoxy) is 1. The van der Waals surface area contributed by atoms with Crippen LogP contribution in [0.3, 0.4) is 0 Å². The van der Waals surface area contributed by atoms with E-state index in [2.05, 4.69) is 21.2 Å². The second kappa shape index (κ2) is 8.56. The molecule has 0 heterocycles. The molecule has 1 unspecified atom stereocenters. The minimum Gasteiger partial charge on any atom is -0.462 e. The molecular weight excluding hydrogens is 338 g/mol. The van der Waals surface area contributed by atoms with Crippen molar-refractivity contribution in [3.63, 3.8) is 0 Å². The number of rotatable bonds is 7. The highest BCUT2D eigenvalue weighted by Gasteiger charge is 2.18. The second-order valence-corrected chi connectivity index (χ2v) is 5.81. The lowest BCUT2D eigenvalue weighted by molar-refractivity contribution is -0.146. The Labute approximate surface area is 132 Å². The molecule has 0 saturated heterocycles. The van der Waals surface area contributed by atoms with E-state index in [1.165, 1.54) is 0 Å². The molecule has 0 saturated carbocycles. The topological polar surface area (TPSA) is 72.5 Å². The molecule has 0 bridgehead atoms. The number of hydrogen-bond donors (Lipinski definition) is 1. The van der Waals surface area contributed by atoms with Crippen LogP contribution in [0.2, 0.25) is 0 Å². The van der Waals surface area contributed by atoms with Crippen LogP contribution in [0.4, 0.5) is 0 Å². The number of benzene rings is 1. The van der Waals surface area contributed by atoms with Gasteiger partial charge in [0.05, 0.1) is 6.10 Å². The first-order valence-corrected chi connectivity index (χ1v) is 7.54. The molecule has 21 heavy (non-hydrogen) atoms. The zero-order valence-electron chi connectivity index (χ0n) is 12.0. The summed E-state index contributed by atoms with van der Waals surface area (Å²) in [6.07, 6.45) is 0.870. The molecule has 6 heteroatoms. The van der Waals surface area contributed by atoms with Gasteiger partial charge in [-0.1, -0.05) is 34.1 Å². The molecule has 1 rings (SSSR count). The van der Waals surface area contributed by atoms with Crippen LogP contribution in [-0.4, -0.2) is 35.6 Å². The normalized spacial score (nSPS) is 11.8. The highest BCUT2D eigenvalue weighted by atomic mass is 79.9. The summed E-state index contributed by atoms with van der Waals surface area (Å²) in [5.74, 6) is -0.692. The fraction of sp³-hybridized carbons (Fsp3) is 0.400. The van der Waals surface area contributed by atoms with Crippen LogP contribution in [-0.2, 0) is 9.53 Å². The molecule has 0 aliphatic rings. The van der Waals surface area contributed by atoms with Gasteiger partial charge >= 0.3 is 5.97 Å². The highest BCUT2D eigenvalue weighted by molar-refractivity contribution is 9.10. The Kier molecular flexibility index (Phi) is 7.08. The number of carbonyl (C=O) groups excluding carboxylic acids is 3. The molecule has 0 fully saturated rings. The average molecular weight is 356 g/mol. The molecule has 114 valence electrons. The van der Waals surface area contributed by atoms with E-state index in [4.69, 9.17) is 4.74 Å². The zero-order chi connectivity index (χ0) is 15.8. The summed E-state index contributed by atoms with van der Waals surface area (Å²) >= 11 is 3.22. The van der Waals surface area contributed by atoms with Crippen molar-refractivity contribution >= 4 is 34.1 Å². The van der Waals surface area contributed by atoms with E-state index in [1.807, 2.05) is 0 Å². The molecule has 0 radical (unpaired) electrons. The van der Waals surface area contributed by atoms with E-state index in [9.17, 15) is 14.4 Å². The van der Waals surface area contributed by atoms with E-state index in [0.717, 1.165) is 0 Å². The third-order valence-corrected chi connectivity index (χ3v) is 3.45. The van der Waals surface area contributed by atoms with Crippen molar-refractivity contribution in [3.05, 3.63) is 35.4 Å². The predicted octanol–water partition coefficient (Wildman–Crippen LogP) is 2.33. The average Bonchev–Trinajstić information content (AvgIpc) is 2.46. The third-order valence-electron chi connectivity index (χ3n) is 2.62. The molecule has 0 spiro atoms. The van der Waals surface area contributed by atoms with Crippen molar-refractivity contribution in [2.24, 2.45) is 0 Å². The van der Waals surface area contributed by atoms with Crippen molar-refractivity contribution < 1.29 is 19.1 Å². The van der Waals surface area contributed by atoms with Gasteiger partial charge in [0, 0.05) is 17.7 Å². The van der Waals surface area contributed by atoms with E-state index in [0.29, 0.717) is 30.4 Å². The standard InChI is InChI=1S/C15H18BrNO4/c1-10(2)21-15(20)13(16)7-8-17-14(19)12-6-4-3-5-11(12)9-18/h3-6,9-10,13H,7-8H2,1-2H3,(H,17,19). The third kappa shape index (κ3) is 5.67. The number of esters is 1. The van der Waals surface area contributed by atoms with Crippen molar-refractivity contribution in [3.8, 4) is 0 Å². The smallest absolute Gasteiger partial charge is 0.320 e. The van der Waals surface area contributed by atoms with Crippen LogP contribution in [0, 0.1) is 0 Å². The molecule has 0 aromatic heterocycles. The van der Waals surface area contributed by atoms with Crippen LogP contribution in [0.25, 0.3) is 0 Å². The minimum atomic E-state index is -0.471. The molecule has 5 nitrogen and oxygen atoms in total. The Morgan fingerprint density at radius 2 is 2.00 bits per heavy atom. The van der Waals surface area contributed by atoms with Gasteiger partial charge in [0.15, 0.2) is 6.29 Å². The Bertz CT molecular complexity index is 516. The minimum absolute atomic E-state index is 0.174. The summed E-state index contributed by atoms with van der Waals surface area (Å²) in [6, 6.07) is 6.54. The first-order valence-electron chi connectivity index (χ1n) is 6.62. The highest BCUT2D eigenvalue weighted by Crippen LogP contribution is 2.09. The number of carbonyl (C=O) groups is 3. The first-order chi connectivity index (χ1) is 9.95. The Morgan fingerprint density at radius 1 is 1.33 bits per heavy atom. The summed E-state index contributed by atoms with van der Waals surface area (Å²) in [5, 5.41) is 2.68. The summed E-state index contributed by atoms with van der Waals surface area (Å²) in [7, 11) is 0. The molecule has 0 aliphatic heterocycles. The van der Waals surface area contributed by atoms with Crippen LogP contribution in [0.5, 0.6) is 0 Å². The summed E-state index contributed by atoms with van der Waals surface area (Å²) < 4.78 is 5.05. The van der Waals surface area contributed by atoms with Gasteiger partial charge in [-0.2, -0.15) is 0 Å². The van der Waals surface area contributed by atoms with Gasteiger partial charge in [-0.05, 0) is 26.3 Å². The van der Waals surface area contributed by atoms with E-state index in [-0.39, 0.29) is 18.0 Å². The van der Waals surface area contributed by atoms with Crippen LogP contribution < -0.4 is 5.32 Å². The molecule has 0 aliphatic carbocycles. The molecule has 1 aromatic carbocycles. The predicted molar refractivity (Wildman–Crippen MR) is 82.7 cm³/mol. The molecule has 1 amide bonds. The van der Waals surface area contributed by atoms with Crippen LogP contribution >= 0.6 is 15.9 Å². The van der Waals surface area contributed by atoms with Gasteiger partial charge in [0.1, 0.15) is 4.83 Å². The van der Waals surface area contributed by atoms with Gasteiger partial charge in [-0.15, -0.1) is 0 Å². The van der Waals surface area contributed by atoms with Crippen molar-refractivity contribution in [2.75, 3.05) is 6.54 Å². The van der Waals surface area contributed by atoms with Gasteiger partial charge in [-0.25, -0.2) is 0 Å². The number of halogens is 1. The van der Waals surface area contributed by atoms with Gasteiger partial charge in [-0.3, -0.25) is 14.4 Å². The molecular formula is C15H18BrNO4. The SMILES string of the molecule is CC(C)OC(=O)C(Br)CCNC(=O)c1ccccc1C=O. The number of aldehydes is 1. The number of nitrogens with one attached hydrogen (secondary N) is 1. The Balaban J connectivity index is 2.47. The second-order valence-electron chi connectivity index (χ2n) is 4.70. The van der Waals surface area contributed by atoms with Gasteiger partial charge in [0.2, 0.25) is 0 Å². The van der Waals surface area contributed by atoms with Crippen molar-refractivity contribution in [1.82, 2.24) is 5.32 Å². The van der Waals surface area contributed by atoms with Gasteiger partial charge < -0.3 is 10.1 Å². The number of hydrogen-bond acceptors (Lipinski definition) is 4. The molecule has 1 atom stereocenters. The Morgan fingerprint density at radius 3 is 2.62 bits per heavy atom. The first kappa shape index (κ1) is 17.4. The lowest BCUT2D eigenvalue weighted by atomic mass is 10.1. The largest absolute Gasteiger partial charge is 0.462 e. The Hall–Kier alpha value is -1.69. The molecule has 1 N–H and O–H groups in total. The quantitative estimate of drug-likeness (QED) is 0.462. The van der Waals surface area contributed by atoms with Crippen molar-refractivity contribution in [1.29, 1.82) is 0 Å². The van der Waals surface area contributed by atoms with E-state index >= 15 is 0 Å². The maximum absolute atomic E-state index is 12.0. The van der Waals surface area contributed by atoms with Crippen LogP contribution in [0.1, 0.15) is 41.0 Å². The van der Waals surface area contributed by atoms with Crippen LogP contribution in [0.15, 0.2) is 24.3 Å². The number of alkyl halides is 1. The molecule has 1 aromatic rings. The van der Waals surface area contributed by atoms with Gasteiger partial charge in [0.25, 0.3) is 5.91 Å². The zero-order valence-corrected chi connectivity index (χ0v) is 13.6. The number of amides is 1. The van der Waals surface area contributed by atoms with E-state index < -0.39 is 4.83 Å². The maximum atomic E-state index is 12.0. The lowest BCUT2D eigenvalue weighted by Gasteiger charge is -2.13. The van der Waals surface area contributed by atoms with Crippen molar-refractivity contribution in [2.45, 2.75) is 31.2 Å². The monoisotopic (exact) mass is 355 g/mol. The maximum Gasteiger partial charge on any atom is 0.320 e.